The second kappa shape index (κ2) is 3.65. The number of aromatic nitrogens is 1. The monoisotopic (exact) mass is 165 g/mol. The van der Waals surface area contributed by atoms with Gasteiger partial charge >= 0.3 is 0 Å². The van der Waals surface area contributed by atoms with E-state index in [1.165, 1.54) is 0 Å². The summed E-state index contributed by atoms with van der Waals surface area (Å²) in [4.78, 5) is 14.0. The van der Waals surface area contributed by atoms with E-state index in [4.69, 9.17) is 9.78 Å². The quantitative estimate of drug-likeness (QED) is 0.595. The molecule has 0 aliphatic carbocycles. The van der Waals surface area contributed by atoms with E-state index in [0.717, 1.165) is 18.4 Å². The van der Waals surface area contributed by atoms with Crippen LogP contribution in [0.3, 0.4) is 0 Å². The lowest BCUT2D eigenvalue weighted by molar-refractivity contribution is -0.348. The number of rotatable bonds is 1. The molecule has 1 aromatic heterocycles. The largest absolute Gasteiger partial charge is 0.265 e. The molecule has 1 saturated heterocycles. The second-order valence-corrected chi connectivity index (χ2v) is 2.83. The molecule has 0 aromatic carbocycles. The molecular weight excluding hydrogens is 154 g/mol. The standard InChI is InChI=1S/C9H11NO2/c1-2-9(12-11-7-1)8-3-5-10-6-4-8/h3-6,9H,1-2,7H2. The summed E-state index contributed by atoms with van der Waals surface area (Å²) in [5, 5.41) is 0. The van der Waals surface area contributed by atoms with Crippen LogP contribution in [0.15, 0.2) is 24.5 Å². The average Bonchev–Trinajstić information content (AvgIpc) is 2.21. The minimum atomic E-state index is 0.0988. The van der Waals surface area contributed by atoms with E-state index in [1.54, 1.807) is 12.4 Å². The molecular formula is C9H11NO2. The first-order valence-electron chi connectivity index (χ1n) is 4.15. The van der Waals surface area contributed by atoms with Gasteiger partial charge in [-0.3, -0.25) is 4.98 Å². The number of nitrogens with zero attached hydrogens (tertiary/aromatic N) is 1. The first-order chi connectivity index (χ1) is 5.97. The summed E-state index contributed by atoms with van der Waals surface area (Å²) in [6, 6.07) is 3.92. The Balaban J connectivity index is 2.08. The van der Waals surface area contributed by atoms with Gasteiger partial charge in [-0.1, -0.05) is 0 Å². The average molecular weight is 165 g/mol. The van der Waals surface area contributed by atoms with Crippen LogP contribution in [0.2, 0.25) is 0 Å². The molecule has 0 N–H and O–H groups in total. The van der Waals surface area contributed by atoms with Crippen LogP contribution in [0.5, 0.6) is 0 Å². The van der Waals surface area contributed by atoms with Crippen molar-refractivity contribution in [3.8, 4) is 0 Å². The van der Waals surface area contributed by atoms with Gasteiger partial charge in [0.15, 0.2) is 0 Å². The molecule has 2 heterocycles. The van der Waals surface area contributed by atoms with Gasteiger partial charge in [-0.2, -0.15) is 0 Å². The molecule has 1 fully saturated rings. The summed E-state index contributed by atoms with van der Waals surface area (Å²) in [5.41, 5.74) is 1.14. The van der Waals surface area contributed by atoms with Gasteiger partial charge in [0.05, 0.1) is 6.61 Å². The maximum atomic E-state index is 5.14. The van der Waals surface area contributed by atoms with E-state index in [9.17, 15) is 0 Å². The zero-order valence-electron chi connectivity index (χ0n) is 6.77. The van der Waals surface area contributed by atoms with Gasteiger partial charge in [-0.25, -0.2) is 9.78 Å². The van der Waals surface area contributed by atoms with Crippen LogP contribution in [0, 0.1) is 0 Å². The molecule has 3 nitrogen and oxygen atoms in total. The van der Waals surface area contributed by atoms with E-state index in [2.05, 4.69) is 4.98 Å². The summed E-state index contributed by atoms with van der Waals surface area (Å²) in [5.74, 6) is 0. The minimum absolute atomic E-state index is 0.0988. The van der Waals surface area contributed by atoms with Crippen LogP contribution in [-0.4, -0.2) is 11.6 Å². The maximum Gasteiger partial charge on any atom is 0.118 e. The van der Waals surface area contributed by atoms with Crippen molar-refractivity contribution in [1.82, 2.24) is 4.98 Å². The highest BCUT2D eigenvalue weighted by Gasteiger charge is 2.16. The zero-order valence-corrected chi connectivity index (χ0v) is 6.77. The third-order valence-electron chi connectivity index (χ3n) is 1.96. The van der Waals surface area contributed by atoms with Crippen LogP contribution in [0.1, 0.15) is 24.5 Å². The second-order valence-electron chi connectivity index (χ2n) is 2.83. The van der Waals surface area contributed by atoms with Gasteiger partial charge < -0.3 is 0 Å². The van der Waals surface area contributed by atoms with Crippen LogP contribution in [0.25, 0.3) is 0 Å². The number of hydrogen-bond acceptors (Lipinski definition) is 3. The van der Waals surface area contributed by atoms with Gasteiger partial charge in [0.25, 0.3) is 0 Å². The molecule has 1 aliphatic heterocycles. The minimum Gasteiger partial charge on any atom is -0.265 e. The number of pyridine rings is 1. The fourth-order valence-corrected chi connectivity index (χ4v) is 1.31. The topological polar surface area (TPSA) is 31.4 Å². The molecule has 1 aliphatic rings. The maximum absolute atomic E-state index is 5.14. The van der Waals surface area contributed by atoms with Gasteiger partial charge in [-0.05, 0) is 30.5 Å². The van der Waals surface area contributed by atoms with Crippen molar-refractivity contribution in [2.75, 3.05) is 6.61 Å². The molecule has 64 valence electrons. The first-order valence-corrected chi connectivity index (χ1v) is 4.15. The normalized spacial score (nSPS) is 23.8. The third-order valence-corrected chi connectivity index (χ3v) is 1.96. The summed E-state index contributed by atoms with van der Waals surface area (Å²) in [6.45, 7) is 0.710. The molecule has 1 atom stereocenters. The van der Waals surface area contributed by atoms with Gasteiger partial charge in [-0.15, -0.1) is 0 Å². The summed E-state index contributed by atoms with van der Waals surface area (Å²) < 4.78 is 0. The molecule has 0 bridgehead atoms. The Hall–Kier alpha value is -0.930. The highest BCUT2D eigenvalue weighted by Crippen LogP contribution is 2.25. The predicted molar refractivity (Wildman–Crippen MR) is 43.2 cm³/mol. The fourth-order valence-electron chi connectivity index (χ4n) is 1.31. The van der Waals surface area contributed by atoms with Crippen LogP contribution in [-0.2, 0) is 9.78 Å². The van der Waals surface area contributed by atoms with Gasteiger partial charge in [0.2, 0.25) is 0 Å². The smallest absolute Gasteiger partial charge is 0.118 e. The third kappa shape index (κ3) is 1.62. The van der Waals surface area contributed by atoms with Crippen molar-refractivity contribution in [2.24, 2.45) is 0 Å². The Bertz CT molecular complexity index is 232. The van der Waals surface area contributed by atoms with Crippen LogP contribution >= 0.6 is 0 Å². The van der Waals surface area contributed by atoms with Crippen LogP contribution in [0.4, 0.5) is 0 Å². The lowest BCUT2D eigenvalue weighted by atomic mass is 10.1. The van der Waals surface area contributed by atoms with E-state index >= 15 is 0 Å². The summed E-state index contributed by atoms with van der Waals surface area (Å²) in [7, 11) is 0. The molecule has 0 radical (unpaired) electrons. The van der Waals surface area contributed by atoms with E-state index in [-0.39, 0.29) is 6.10 Å². The van der Waals surface area contributed by atoms with Crippen molar-refractivity contribution in [2.45, 2.75) is 18.9 Å². The first kappa shape index (κ1) is 7.71. The SMILES string of the molecule is c1cc(C2CCCOO2)ccn1. The van der Waals surface area contributed by atoms with Crippen molar-refractivity contribution >= 4 is 0 Å². The molecule has 0 amide bonds. The summed E-state index contributed by atoms with van der Waals surface area (Å²) >= 11 is 0. The molecule has 2 rings (SSSR count). The van der Waals surface area contributed by atoms with Crippen molar-refractivity contribution in [3.63, 3.8) is 0 Å². The molecule has 1 aromatic rings. The Kier molecular flexibility index (Phi) is 2.34. The Morgan fingerprint density at radius 3 is 2.83 bits per heavy atom. The number of hydrogen-bond donors (Lipinski definition) is 0. The highest BCUT2D eigenvalue weighted by molar-refractivity contribution is 5.13. The van der Waals surface area contributed by atoms with Crippen molar-refractivity contribution < 1.29 is 9.78 Å². The summed E-state index contributed by atoms with van der Waals surface area (Å²) in [6.07, 6.45) is 5.74. The van der Waals surface area contributed by atoms with Gasteiger partial charge in [0.1, 0.15) is 6.10 Å². The Morgan fingerprint density at radius 2 is 2.17 bits per heavy atom. The Morgan fingerprint density at radius 1 is 1.33 bits per heavy atom. The zero-order chi connectivity index (χ0) is 8.23. The van der Waals surface area contributed by atoms with E-state index in [0.29, 0.717) is 6.61 Å². The van der Waals surface area contributed by atoms with Crippen LogP contribution < -0.4 is 0 Å². The Labute approximate surface area is 71.3 Å². The van der Waals surface area contributed by atoms with Gasteiger partial charge in [0, 0.05) is 12.4 Å². The fraction of sp³-hybridized carbons (Fsp3) is 0.444. The molecule has 1 unspecified atom stereocenters. The van der Waals surface area contributed by atoms with Crippen molar-refractivity contribution in [3.05, 3.63) is 30.1 Å². The molecule has 12 heavy (non-hydrogen) atoms. The van der Waals surface area contributed by atoms with Crippen molar-refractivity contribution in [1.29, 1.82) is 0 Å². The molecule has 0 saturated carbocycles. The highest BCUT2D eigenvalue weighted by atomic mass is 17.2. The van der Waals surface area contributed by atoms with E-state index < -0.39 is 0 Å². The molecule has 0 spiro atoms. The lowest BCUT2D eigenvalue weighted by Crippen LogP contribution is -2.12. The molecule has 3 heteroatoms. The lowest BCUT2D eigenvalue weighted by Gasteiger charge is -2.20. The predicted octanol–water partition coefficient (Wildman–Crippen LogP) is 1.86. The van der Waals surface area contributed by atoms with E-state index in [1.807, 2.05) is 12.1 Å².